The Balaban J connectivity index is 1.56. The van der Waals surface area contributed by atoms with Crippen molar-refractivity contribution in [3.63, 3.8) is 0 Å². The summed E-state index contributed by atoms with van der Waals surface area (Å²) in [5, 5.41) is 6.89. The maximum atomic E-state index is 12.4. The largest absolute Gasteiger partial charge is 0.351 e. The van der Waals surface area contributed by atoms with Crippen LogP contribution >= 0.6 is 0 Å². The molecule has 0 aromatic carbocycles. The first kappa shape index (κ1) is 17.9. The molecule has 2 aliphatic rings. The maximum Gasteiger partial charge on any atom is 0.290 e. The van der Waals surface area contributed by atoms with Gasteiger partial charge in [-0.25, -0.2) is 0 Å². The standard InChI is InChI=1S/C18H28N4O3/c1-12(2)14-10-21(7-8-22-6-4-5-17(22)23)11-15(14)19-18(24)16-9-13(3)20-25-16/h9,12,14-15H,4-8,10-11H2,1-3H3,(H,19,24)/t14-,15+/m0/s1. The van der Waals surface area contributed by atoms with E-state index in [1.54, 1.807) is 13.0 Å². The monoisotopic (exact) mass is 348 g/mol. The van der Waals surface area contributed by atoms with Gasteiger partial charge >= 0.3 is 0 Å². The van der Waals surface area contributed by atoms with Crippen molar-refractivity contribution in [2.45, 2.75) is 39.7 Å². The number of amides is 2. The Morgan fingerprint density at radius 2 is 2.20 bits per heavy atom. The fourth-order valence-electron chi connectivity index (χ4n) is 3.84. The van der Waals surface area contributed by atoms with E-state index in [4.69, 9.17) is 4.52 Å². The first-order chi connectivity index (χ1) is 11.9. The van der Waals surface area contributed by atoms with Crippen LogP contribution in [0.2, 0.25) is 0 Å². The normalized spacial score (nSPS) is 24.5. The molecular formula is C18H28N4O3. The molecule has 0 radical (unpaired) electrons. The number of hydrogen-bond acceptors (Lipinski definition) is 5. The first-order valence-electron chi connectivity index (χ1n) is 9.18. The topological polar surface area (TPSA) is 78.7 Å². The zero-order valence-electron chi connectivity index (χ0n) is 15.3. The lowest BCUT2D eigenvalue weighted by Gasteiger charge is -2.22. The number of aryl methyl sites for hydroxylation is 1. The third kappa shape index (κ3) is 4.21. The molecule has 1 aromatic heterocycles. The number of rotatable bonds is 6. The third-order valence-electron chi connectivity index (χ3n) is 5.32. The van der Waals surface area contributed by atoms with Crippen LogP contribution < -0.4 is 5.32 Å². The number of carbonyl (C=O) groups is 2. The number of carbonyl (C=O) groups excluding carboxylic acids is 2. The van der Waals surface area contributed by atoms with Crippen LogP contribution in [0.3, 0.4) is 0 Å². The Morgan fingerprint density at radius 1 is 1.40 bits per heavy atom. The third-order valence-corrected chi connectivity index (χ3v) is 5.32. The number of hydrogen-bond donors (Lipinski definition) is 1. The Morgan fingerprint density at radius 3 is 2.80 bits per heavy atom. The Kier molecular flexibility index (Phi) is 5.42. The number of aromatic nitrogens is 1. The number of nitrogens with zero attached hydrogens (tertiary/aromatic N) is 3. The van der Waals surface area contributed by atoms with Gasteiger partial charge in [-0.05, 0) is 25.2 Å². The van der Waals surface area contributed by atoms with Crippen LogP contribution in [-0.4, -0.2) is 65.5 Å². The molecule has 2 fully saturated rings. The molecular weight excluding hydrogens is 320 g/mol. The SMILES string of the molecule is Cc1cc(C(=O)N[C@@H]2CN(CCN3CCCC3=O)C[C@H]2C(C)C)on1. The second kappa shape index (κ2) is 7.56. The summed E-state index contributed by atoms with van der Waals surface area (Å²) in [7, 11) is 0. The van der Waals surface area contributed by atoms with Gasteiger partial charge in [0, 0.05) is 51.3 Å². The Labute approximate surface area is 148 Å². The summed E-state index contributed by atoms with van der Waals surface area (Å²) in [6, 6.07) is 1.75. The van der Waals surface area contributed by atoms with E-state index in [-0.39, 0.29) is 23.6 Å². The molecule has 25 heavy (non-hydrogen) atoms. The van der Waals surface area contributed by atoms with Gasteiger partial charge in [0.1, 0.15) is 0 Å². The molecule has 3 rings (SSSR count). The van der Waals surface area contributed by atoms with Crippen LogP contribution in [-0.2, 0) is 4.79 Å². The van der Waals surface area contributed by atoms with Gasteiger partial charge in [-0.1, -0.05) is 19.0 Å². The van der Waals surface area contributed by atoms with Crippen molar-refractivity contribution in [1.29, 1.82) is 0 Å². The minimum atomic E-state index is -0.201. The van der Waals surface area contributed by atoms with E-state index in [2.05, 4.69) is 29.2 Å². The van der Waals surface area contributed by atoms with Crippen molar-refractivity contribution in [1.82, 2.24) is 20.3 Å². The van der Waals surface area contributed by atoms with E-state index in [0.717, 1.165) is 39.1 Å². The van der Waals surface area contributed by atoms with Crippen LogP contribution in [0, 0.1) is 18.8 Å². The molecule has 0 aliphatic carbocycles. The van der Waals surface area contributed by atoms with E-state index in [1.165, 1.54) is 0 Å². The highest BCUT2D eigenvalue weighted by Crippen LogP contribution is 2.25. The quantitative estimate of drug-likeness (QED) is 0.838. The van der Waals surface area contributed by atoms with E-state index in [9.17, 15) is 9.59 Å². The molecule has 2 saturated heterocycles. The summed E-state index contributed by atoms with van der Waals surface area (Å²) in [6.07, 6.45) is 1.66. The van der Waals surface area contributed by atoms with Gasteiger partial charge in [-0.15, -0.1) is 0 Å². The second-order valence-electron chi connectivity index (χ2n) is 7.56. The number of nitrogens with one attached hydrogen (secondary N) is 1. The van der Waals surface area contributed by atoms with Crippen LogP contribution in [0.4, 0.5) is 0 Å². The van der Waals surface area contributed by atoms with E-state index in [0.29, 0.717) is 24.0 Å². The first-order valence-corrected chi connectivity index (χ1v) is 9.18. The highest BCUT2D eigenvalue weighted by atomic mass is 16.5. The average Bonchev–Trinajstić information content (AvgIpc) is 3.26. The molecule has 2 amide bonds. The molecule has 0 spiro atoms. The molecule has 7 heteroatoms. The minimum absolute atomic E-state index is 0.0900. The van der Waals surface area contributed by atoms with Gasteiger partial charge in [-0.3, -0.25) is 14.5 Å². The molecule has 7 nitrogen and oxygen atoms in total. The average molecular weight is 348 g/mol. The van der Waals surface area contributed by atoms with Crippen molar-refractivity contribution in [2.24, 2.45) is 11.8 Å². The highest BCUT2D eigenvalue weighted by molar-refractivity contribution is 5.91. The predicted octanol–water partition coefficient (Wildman–Crippen LogP) is 1.29. The van der Waals surface area contributed by atoms with Gasteiger partial charge in [-0.2, -0.15) is 0 Å². The lowest BCUT2D eigenvalue weighted by Crippen LogP contribution is -2.42. The van der Waals surface area contributed by atoms with Crippen LogP contribution in [0.15, 0.2) is 10.6 Å². The summed E-state index contributed by atoms with van der Waals surface area (Å²) in [5.41, 5.74) is 0.703. The molecule has 1 aromatic rings. The lowest BCUT2D eigenvalue weighted by atomic mass is 9.91. The molecule has 138 valence electrons. The maximum absolute atomic E-state index is 12.4. The van der Waals surface area contributed by atoms with Gasteiger partial charge < -0.3 is 14.7 Å². The van der Waals surface area contributed by atoms with E-state index < -0.39 is 0 Å². The summed E-state index contributed by atoms with van der Waals surface area (Å²) in [5.74, 6) is 1.20. The summed E-state index contributed by atoms with van der Waals surface area (Å²) < 4.78 is 5.07. The van der Waals surface area contributed by atoms with Crippen molar-refractivity contribution in [3.05, 3.63) is 17.5 Å². The number of likely N-dealkylation sites (tertiary alicyclic amines) is 2. The van der Waals surface area contributed by atoms with E-state index in [1.807, 2.05) is 4.90 Å². The molecule has 3 heterocycles. The highest BCUT2D eigenvalue weighted by Gasteiger charge is 2.36. The van der Waals surface area contributed by atoms with E-state index >= 15 is 0 Å². The summed E-state index contributed by atoms with van der Waals surface area (Å²) in [4.78, 5) is 28.4. The summed E-state index contributed by atoms with van der Waals surface area (Å²) >= 11 is 0. The minimum Gasteiger partial charge on any atom is -0.351 e. The van der Waals surface area contributed by atoms with Crippen molar-refractivity contribution < 1.29 is 14.1 Å². The van der Waals surface area contributed by atoms with Crippen LogP contribution in [0.5, 0.6) is 0 Å². The lowest BCUT2D eigenvalue weighted by molar-refractivity contribution is -0.127. The zero-order valence-corrected chi connectivity index (χ0v) is 15.3. The van der Waals surface area contributed by atoms with Crippen molar-refractivity contribution >= 4 is 11.8 Å². The molecule has 0 bridgehead atoms. The van der Waals surface area contributed by atoms with Gasteiger partial charge in [0.15, 0.2) is 0 Å². The fraction of sp³-hybridized carbons (Fsp3) is 0.722. The smallest absolute Gasteiger partial charge is 0.290 e. The molecule has 2 aliphatic heterocycles. The fourth-order valence-corrected chi connectivity index (χ4v) is 3.84. The van der Waals surface area contributed by atoms with Gasteiger partial charge in [0.05, 0.1) is 5.69 Å². The molecule has 1 N–H and O–H groups in total. The van der Waals surface area contributed by atoms with Gasteiger partial charge in [0.25, 0.3) is 5.91 Å². The summed E-state index contributed by atoms with van der Waals surface area (Å²) in [6.45, 7) is 10.5. The predicted molar refractivity (Wildman–Crippen MR) is 93.1 cm³/mol. The van der Waals surface area contributed by atoms with Crippen LogP contribution in [0.25, 0.3) is 0 Å². The second-order valence-corrected chi connectivity index (χ2v) is 7.56. The molecule has 2 atom stereocenters. The Bertz CT molecular complexity index is 628. The van der Waals surface area contributed by atoms with Crippen LogP contribution in [0.1, 0.15) is 42.9 Å². The molecule has 0 saturated carbocycles. The molecule has 0 unspecified atom stereocenters. The zero-order chi connectivity index (χ0) is 18.0. The van der Waals surface area contributed by atoms with Gasteiger partial charge in [0.2, 0.25) is 11.7 Å². The van der Waals surface area contributed by atoms with Crippen molar-refractivity contribution in [2.75, 3.05) is 32.7 Å². The Hall–Kier alpha value is -1.89. The van der Waals surface area contributed by atoms with Crippen molar-refractivity contribution in [3.8, 4) is 0 Å².